The second-order valence-electron chi connectivity index (χ2n) is 8.34. The molecule has 2 aromatic heterocycles. The zero-order chi connectivity index (χ0) is 20.5. The molecule has 7 nitrogen and oxygen atoms in total. The van der Waals surface area contributed by atoms with E-state index in [1.165, 1.54) is 19.2 Å². The van der Waals surface area contributed by atoms with Crippen LogP contribution in [-0.2, 0) is 0 Å². The van der Waals surface area contributed by atoms with Crippen molar-refractivity contribution in [2.45, 2.75) is 32.2 Å². The van der Waals surface area contributed by atoms with E-state index in [0.717, 1.165) is 54.7 Å². The third-order valence-electron chi connectivity index (χ3n) is 5.93. The van der Waals surface area contributed by atoms with Crippen molar-refractivity contribution < 1.29 is 5.11 Å². The van der Waals surface area contributed by atoms with Crippen LogP contribution in [0.2, 0.25) is 0 Å². The largest absolute Gasteiger partial charge is 0.507 e. The summed E-state index contributed by atoms with van der Waals surface area (Å²) >= 11 is 0. The van der Waals surface area contributed by atoms with E-state index in [1.54, 1.807) is 6.07 Å². The third-order valence-corrected chi connectivity index (χ3v) is 5.93. The van der Waals surface area contributed by atoms with E-state index in [1.807, 2.05) is 37.3 Å². The average Bonchev–Trinajstić information content (AvgIpc) is 3.48. The minimum Gasteiger partial charge on any atom is -0.507 e. The van der Waals surface area contributed by atoms with Crippen LogP contribution in [0.3, 0.4) is 0 Å². The highest BCUT2D eigenvalue weighted by Crippen LogP contribution is 2.32. The normalized spacial score (nSPS) is 18.7. The molecule has 1 saturated carbocycles. The van der Waals surface area contributed by atoms with E-state index in [-0.39, 0.29) is 5.75 Å². The molecule has 154 valence electrons. The van der Waals surface area contributed by atoms with Gasteiger partial charge in [-0.15, -0.1) is 10.2 Å². The summed E-state index contributed by atoms with van der Waals surface area (Å²) in [5, 5.41) is 23.1. The van der Waals surface area contributed by atoms with Crippen molar-refractivity contribution in [1.82, 2.24) is 25.5 Å². The lowest BCUT2D eigenvalue weighted by Crippen LogP contribution is -2.34. The monoisotopic (exact) mass is 402 g/mol. The van der Waals surface area contributed by atoms with Crippen molar-refractivity contribution in [3.63, 3.8) is 0 Å². The van der Waals surface area contributed by atoms with E-state index in [0.29, 0.717) is 17.3 Å². The Balaban J connectivity index is 1.28. The predicted molar refractivity (Wildman–Crippen MR) is 116 cm³/mol. The molecular weight excluding hydrogens is 376 g/mol. The van der Waals surface area contributed by atoms with Gasteiger partial charge in [0, 0.05) is 36.0 Å². The number of aryl methyl sites for hydroxylation is 1. The van der Waals surface area contributed by atoms with E-state index >= 15 is 0 Å². The summed E-state index contributed by atoms with van der Waals surface area (Å²) in [7, 11) is 0. The number of aromatic nitrogens is 4. The van der Waals surface area contributed by atoms with Crippen LogP contribution in [0.1, 0.15) is 25.0 Å². The van der Waals surface area contributed by atoms with Crippen LogP contribution in [0.5, 0.6) is 5.75 Å². The number of benzene rings is 1. The smallest absolute Gasteiger partial charge is 0.151 e. The first-order chi connectivity index (χ1) is 14.7. The standard InChI is InChI=1S/C23H26N6O/c1-15-10-21(26-14-25-15)17-4-5-19(22(30)11-17)20-6-7-23(28-27-20)29-9-8-18(13-29)24-12-16-2-3-16/h4-7,10-11,14,16,18,24,30H,2-3,8-9,12-13H2,1H3. The Hall–Kier alpha value is -3.06. The number of nitrogens with zero attached hydrogens (tertiary/aromatic N) is 5. The van der Waals surface area contributed by atoms with Crippen LogP contribution in [0.4, 0.5) is 5.82 Å². The summed E-state index contributed by atoms with van der Waals surface area (Å²) in [6.07, 6.45) is 5.43. The zero-order valence-corrected chi connectivity index (χ0v) is 17.1. The van der Waals surface area contributed by atoms with Crippen LogP contribution in [0, 0.1) is 12.8 Å². The number of phenolic OH excluding ortho intramolecular Hbond substituents is 1. The Morgan fingerprint density at radius 1 is 1.03 bits per heavy atom. The molecule has 2 aliphatic rings. The van der Waals surface area contributed by atoms with Gasteiger partial charge in [-0.3, -0.25) is 0 Å². The first kappa shape index (κ1) is 18.9. The quantitative estimate of drug-likeness (QED) is 0.655. The van der Waals surface area contributed by atoms with Gasteiger partial charge in [0.2, 0.25) is 0 Å². The molecule has 2 N–H and O–H groups in total. The molecule has 30 heavy (non-hydrogen) atoms. The average molecular weight is 403 g/mol. The van der Waals surface area contributed by atoms with Crippen LogP contribution < -0.4 is 10.2 Å². The number of rotatable bonds is 6. The maximum Gasteiger partial charge on any atom is 0.151 e. The summed E-state index contributed by atoms with van der Waals surface area (Å²) in [6, 6.07) is 11.9. The molecule has 0 amide bonds. The Morgan fingerprint density at radius 3 is 2.67 bits per heavy atom. The molecule has 5 rings (SSSR count). The van der Waals surface area contributed by atoms with Gasteiger partial charge < -0.3 is 15.3 Å². The van der Waals surface area contributed by atoms with Crippen molar-refractivity contribution in [1.29, 1.82) is 0 Å². The van der Waals surface area contributed by atoms with Gasteiger partial charge in [0.1, 0.15) is 12.1 Å². The van der Waals surface area contributed by atoms with E-state index < -0.39 is 0 Å². The molecule has 3 aromatic rings. The number of phenols is 1. The van der Waals surface area contributed by atoms with Gasteiger partial charge in [-0.25, -0.2) is 9.97 Å². The summed E-state index contributed by atoms with van der Waals surface area (Å²) in [6.45, 7) is 5.03. The van der Waals surface area contributed by atoms with Crippen molar-refractivity contribution in [2.24, 2.45) is 5.92 Å². The van der Waals surface area contributed by atoms with Gasteiger partial charge in [0.25, 0.3) is 0 Å². The van der Waals surface area contributed by atoms with Gasteiger partial charge in [-0.2, -0.15) is 0 Å². The minimum absolute atomic E-state index is 0.163. The lowest BCUT2D eigenvalue weighted by atomic mass is 10.0. The molecule has 0 spiro atoms. The van der Waals surface area contributed by atoms with Crippen LogP contribution in [-0.4, -0.2) is 50.9 Å². The molecule has 3 heterocycles. The Bertz CT molecular complexity index is 1030. The highest BCUT2D eigenvalue weighted by Gasteiger charge is 2.27. The number of nitrogens with one attached hydrogen (secondary N) is 1. The fourth-order valence-corrected chi connectivity index (χ4v) is 3.95. The van der Waals surface area contributed by atoms with E-state index in [2.05, 4.69) is 30.4 Å². The highest BCUT2D eigenvalue weighted by molar-refractivity contribution is 5.73. The molecule has 1 aromatic carbocycles. The summed E-state index contributed by atoms with van der Waals surface area (Å²) in [5.41, 5.74) is 3.83. The SMILES string of the molecule is Cc1cc(-c2ccc(-c3ccc(N4CCC(NCC5CC5)C4)nn3)c(O)c2)ncn1. The molecule has 1 atom stereocenters. The maximum absolute atomic E-state index is 10.6. The Labute approximate surface area is 176 Å². The molecule has 7 heteroatoms. The van der Waals surface area contributed by atoms with Gasteiger partial charge in [-0.05, 0) is 69.0 Å². The second-order valence-corrected chi connectivity index (χ2v) is 8.34. The molecule has 0 radical (unpaired) electrons. The molecule has 1 aliphatic heterocycles. The number of hydrogen-bond acceptors (Lipinski definition) is 7. The summed E-state index contributed by atoms with van der Waals surface area (Å²) in [5.74, 6) is 1.95. The van der Waals surface area contributed by atoms with Gasteiger partial charge in [0.05, 0.1) is 11.4 Å². The van der Waals surface area contributed by atoms with Gasteiger partial charge in [0.15, 0.2) is 5.82 Å². The Kier molecular flexibility index (Phi) is 5.04. The van der Waals surface area contributed by atoms with Crippen LogP contribution >= 0.6 is 0 Å². The van der Waals surface area contributed by atoms with Crippen molar-refractivity contribution in [3.05, 3.63) is 48.4 Å². The van der Waals surface area contributed by atoms with Crippen LogP contribution in [0.25, 0.3) is 22.5 Å². The number of aromatic hydroxyl groups is 1. The van der Waals surface area contributed by atoms with Gasteiger partial charge >= 0.3 is 0 Å². The predicted octanol–water partition coefficient (Wildman–Crippen LogP) is 3.19. The third kappa shape index (κ3) is 4.11. The molecule has 1 aliphatic carbocycles. The van der Waals surface area contributed by atoms with Crippen LogP contribution in [0.15, 0.2) is 42.7 Å². The zero-order valence-electron chi connectivity index (χ0n) is 17.1. The second kappa shape index (κ2) is 7.99. The first-order valence-corrected chi connectivity index (χ1v) is 10.6. The summed E-state index contributed by atoms with van der Waals surface area (Å²) < 4.78 is 0. The number of anilines is 1. The topological polar surface area (TPSA) is 87.1 Å². The lowest BCUT2D eigenvalue weighted by Gasteiger charge is -2.17. The lowest BCUT2D eigenvalue weighted by molar-refractivity contribution is 0.477. The molecule has 2 fully saturated rings. The number of hydrogen-bond donors (Lipinski definition) is 2. The summed E-state index contributed by atoms with van der Waals surface area (Å²) in [4.78, 5) is 10.7. The molecular formula is C23H26N6O. The Morgan fingerprint density at radius 2 is 1.93 bits per heavy atom. The van der Waals surface area contributed by atoms with Crippen molar-refractivity contribution in [3.8, 4) is 28.3 Å². The minimum atomic E-state index is 0.163. The fraction of sp³-hybridized carbons (Fsp3) is 0.391. The van der Waals surface area contributed by atoms with Crippen molar-refractivity contribution >= 4 is 5.82 Å². The van der Waals surface area contributed by atoms with E-state index in [9.17, 15) is 5.11 Å². The van der Waals surface area contributed by atoms with Gasteiger partial charge in [-0.1, -0.05) is 6.07 Å². The van der Waals surface area contributed by atoms with E-state index in [4.69, 9.17) is 0 Å². The first-order valence-electron chi connectivity index (χ1n) is 10.6. The fourth-order valence-electron chi connectivity index (χ4n) is 3.95. The maximum atomic E-state index is 10.6. The molecule has 1 unspecified atom stereocenters. The highest BCUT2D eigenvalue weighted by atomic mass is 16.3. The van der Waals surface area contributed by atoms with Crippen molar-refractivity contribution in [2.75, 3.05) is 24.5 Å². The molecule has 0 bridgehead atoms. The molecule has 1 saturated heterocycles.